The van der Waals surface area contributed by atoms with Crippen LogP contribution in [0.15, 0.2) is 176 Å². The Morgan fingerprint density at radius 2 is 1.00 bits per heavy atom. The van der Waals surface area contributed by atoms with Crippen molar-refractivity contribution in [3.05, 3.63) is 187 Å². The molecule has 0 N–H and O–H groups in total. The molecule has 0 amide bonds. The Labute approximate surface area is 275 Å². The maximum absolute atomic E-state index is 2.52. The topological polar surface area (TPSA) is 8.17 Å². The Kier molecular flexibility index (Phi) is 6.71. The van der Waals surface area contributed by atoms with Crippen LogP contribution in [0.1, 0.15) is 17.0 Å². The van der Waals surface area contributed by atoms with Gasteiger partial charge in [0.15, 0.2) is 0 Å². The minimum Gasteiger partial charge on any atom is -0.341 e. The van der Waals surface area contributed by atoms with E-state index in [9.17, 15) is 0 Å². The van der Waals surface area contributed by atoms with Crippen molar-refractivity contribution in [3.8, 4) is 27.9 Å². The molecule has 2 heteroatoms. The van der Waals surface area contributed by atoms with Gasteiger partial charge >= 0.3 is 0 Å². The van der Waals surface area contributed by atoms with Crippen LogP contribution in [0.2, 0.25) is 0 Å². The second-order valence-corrected chi connectivity index (χ2v) is 12.6. The fraction of sp³-hybridized carbons (Fsp3) is 0.0667. The molecule has 1 aliphatic heterocycles. The van der Waals surface area contributed by atoms with Gasteiger partial charge in [0.25, 0.3) is 0 Å². The Morgan fingerprint density at radius 1 is 0.426 bits per heavy atom. The van der Waals surface area contributed by atoms with Gasteiger partial charge in [0.1, 0.15) is 0 Å². The van der Waals surface area contributed by atoms with Crippen LogP contribution in [0.4, 0.5) is 11.4 Å². The lowest BCUT2D eigenvalue weighted by Crippen LogP contribution is -2.30. The fourth-order valence-electron chi connectivity index (χ4n) is 7.52. The molecule has 0 radical (unpaired) electrons. The second kappa shape index (κ2) is 11.5. The summed E-state index contributed by atoms with van der Waals surface area (Å²) in [5.74, 6) is 0.414. The number of fused-ring (bicyclic) bond motifs is 4. The van der Waals surface area contributed by atoms with E-state index in [1.54, 1.807) is 0 Å². The summed E-state index contributed by atoms with van der Waals surface area (Å²) in [5, 5.41) is 2.56. The molecular weight excluding hydrogens is 569 g/mol. The van der Waals surface area contributed by atoms with Crippen LogP contribution in [0.5, 0.6) is 0 Å². The first-order valence-corrected chi connectivity index (χ1v) is 16.5. The largest absolute Gasteiger partial charge is 0.341 e. The monoisotopic (exact) mass is 602 g/mol. The van der Waals surface area contributed by atoms with Gasteiger partial charge in [-0.2, -0.15) is 0 Å². The van der Waals surface area contributed by atoms with Crippen molar-refractivity contribution in [3.63, 3.8) is 0 Å². The van der Waals surface area contributed by atoms with E-state index in [1.807, 2.05) is 0 Å². The van der Waals surface area contributed by atoms with E-state index in [0.29, 0.717) is 5.92 Å². The molecule has 7 aromatic carbocycles. The van der Waals surface area contributed by atoms with Gasteiger partial charge in [-0.25, -0.2) is 0 Å². The molecule has 224 valence electrons. The predicted molar refractivity (Wildman–Crippen MR) is 198 cm³/mol. The summed E-state index contributed by atoms with van der Waals surface area (Å²) in [7, 11) is 0. The molecule has 1 atom stereocenters. The van der Waals surface area contributed by atoms with Gasteiger partial charge in [-0.3, -0.25) is 0 Å². The summed E-state index contributed by atoms with van der Waals surface area (Å²) >= 11 is 0. The number of nitrogens with zero attached hydrogens (tertiary/aromatic N) is 2. The SMILES string of the molecule is c1ccc(-c2ccc3c(c2)CC(c2ccccc2)CN3c2ccc(-c3cccc(-n4c5ccccc5c5ccccc54)c3)cc2)cc1. The molecule has 2 nitrogen and oxygen atoms in total. The Balaban J connectivity index is 1.08. The van der Waals surface area contributed by atoms with Crippen molar-refractivity contribution in [2.75, 3.05) is 11.4 Å². The first kappa shape index (κ1) is 27.5. The summed E-state index contributed by atoms with van der Waals surface area (Å²) in [6.07, 6.45) is 1.03. The summed E-state index contributed by atoms with van der Waals surface area (Å²) in [5.41, 5.74) is 13.9. The third kappa shape index (κ3) is 4.90. The van der Waals surface area contributed by atoms with Crippen LogP contribution in [0.3, 0.4) is 0 Å². The molecule has 1 aliphatic rings. The number of hydrogen-bond acceptors (Lipinski definition) is 1. The highest BCUT2D eigenvalue weighted by Gasteiger charge is 2.27. The zero-order chi connectivity index (χ0) is 31.2. The Hall–Kier alpha value is -5.86. The average Bonchev–Trinajstić information content (AvgIpc) is 3.49. The van der Waals surface area contributed by atoms with Crippen LogP contribution in [-0.4, -0.2) is 11.1 Å². The molecule has 0 saturated heterocycles. The van der Waals surface area contributed by atoms with Crippen molar-refractivity contribution in [1.29, 1.82) is 0 Å². The van der Waals surface area contributed by atoms with Crippen LogP contribution < -0.4 is 4.90 Å². The van der Waals surface area contributed by atoms with Crippen molar-refractivity contribution < 1.29 is 0 Å². The van der Waals surface area contributed by atoms with Crippen molar-refractivity contribution >= 4 is 33.2 Å². The highest BCUT2D eigenvalue weighted by atomic mass is 15.1. The van der Waals surface area contributed by atoms with Gasteiger partial charge < -0.3 is 9.47 Å². The van der Waals surface area contributed by atoms with Crippen LogP contribution >= 0.6 is 0 Å². The molecule has 1 unspecified atom stereocenters. The number of benzene rings is 7. The van der Waals surface area contributed by atoms with Gasteiger partial charge in [-0.05, 0) is 88.3 Å². The van der Waals surface area contributed by atoms with Gasteiger partial charge in [-0.1, -0.05) is 127 Å². The quantitative estimate of drug-likeness (QED) is 0.190. The van der Waals surface area contributed by atoms with E-state index in [2.05, 4.69) is 185 Å². The molecule has 0 aliphatic carbocycles. The Morgan fingerprint density at radius 3 is 1.72 bits per heavy atom. The molecule has 0 spiro atoms. The lowest BCUT2D eigenvalue weighted by molar-refractivity contribution is 0.653. The van der Waals surface area contributed by atoms with Gasteiger partial charge in [0, 0.05) is 40.3 Å². The number of para-hydroxylation sites is 2. The molecule has 0 fully saturated rings. The van der Waals surface area contributed by atoms with E-state index in [-0.39, 0.29) is 0 Å². The normalized spacial score (nSPS) is 14.4. The molecule has 1 aromatic heterocycles. The van der Waals surface area contributed by atoms with Crippen LogP contribution in [0.25, 0.3) is 49.7 Å². The third-order valence-electron chi connectivity index (χ3n) is 9.81. The van der Waals surface area contributed by atoms with Crippen molar-refractivity contribution in [1.82, 2.24) is 4.57 Å². The molecule has 0 bridgehead atoms. The number of hydrogen-bond donors (Lipinski definition) is 0. The van der Waals surface area contributed by atoms with Crippen LogP contribution in [-0.2, 0) is 6.42 Å². The highest BCUT2D eigenvalue weighted by Crippen LogP contribution is 2.41. The smallest absolute Gasteiger partial charge is 0.0541 e. The number of anilines is 2. The Bertz CT molecular complexity index is 2300. The maximum atomic E-state index is 2.52. The predicted octanol–water partition coefficient (Wildman–Crippen LogP) is 11.6. The van der Waals surface area contributed by atoms with Crippen LogP contribution in [0, 0.1) is 0 Å². The lowest BCUT2D eigenvalue weighted by Gasteiger charge is -2.37. The van der Waals surface area contributed by atoms with Gasteiger partial charge in [0.05, 0.1) is 11.0 Å². The van der Waals surface area contributed by atoms with E-state index in [4.69, 9.17) is 0 Å². The fourth-order valence-corrected chi connectivity index (χ4v) is 7.52. The minimum atomic E-state index is 0.414. The molecular formula is C45H34N2. The highest BCUT2D eigenvalue weighted by molar-refractivity contribution is 6.09. The van der Waals surface area contributed by atoms with E-state index in [0.717, 1.165) is 13.0 Å². The van der Waals surface area contributed by atoms with E-state index in [1.165, 1.54) is 72.2 Å². The second-order valence-electron chi connectivity index (χ2n) is 12.6. The number of rotatable bonds is 5. The molecule has 9 rings (SSSR count). The molecule has 8 aromatic rings. The molecule has 47 heavy (non-hydrogen) atoms. The van der Waals surface area contributed by atoms with E-state index < -0.39 is 0 Å². The van der Waals surface area contributed by atoms with Crippen molar-refractivity contribution in [2.24, 2.45) is 0 Å². The average molecular weight is 603 g/mol. The third-order valence-corrected chi connectivity index (χ3v) is 9.81. The molecule has 0 saturated carbocycles. The first-order valence-electron chi connectivity index (χ1n) is 16.5. The lowest BCUT2D eigenvalue weighted by atomic mass is 9.85. The summed E-state index contributed by atoms with van der Waals surface area (Å²) in [6, 6.07) is 64.2. The standard InChI is InChI=1S/C45H34N2/c1-3-12-32(13-4-1)36-24-27-43-37(28-36)29-38(33-14-5-2-6-15-33)31-46(43)39-25-22-34(23-26-39)35-16-11-17-40(30-35)47-44-20-9-7-18-41(44)42-19-8-10-21-45(42)47/h1-28,30,38H,29,31H2. The molecule has 2 heterocycles. The summed E-state index contributed by atoms with van der Waals surface area (Å²) in [6.45, 7) is 0.949. The zero-order valence-corrected chi connectivity index (χ0v) is 26.1. The number of aromatic nitrogens is 1. The van der Waals surface area contributed by atoms with Crippen molar-refractivity contribution in [2.45, 2.75) is 12.3 Å². The van der Waals surface area contributed by atoms with E-state index >= 15 is 0 Å². The summed E-state index contributed by atoms with van der Waals surface area (Å²) < 4.78 is 2.39. The minimum absolute atomic E-state index is 0.414. The summed E-state index contributed by atoms with van der Waals surface area (Å²) in [4.78, 5) is 2.52. The zero-order valence-electron chi connectivity index (χ0n) is 26.1. The first-order chi connectivity index (χ1) is 23.3. The maximum Gasteiger partial charge on any atom is 0.0541 e. The van der Waals surface area contributed by atoms with Gasteiger partial charge in [-0.15, -0.1) is 0 Å². The van der Waals surface area contributed by atoms with Gasteiger partial charge in [0.2, 0.25) is 0 Å².